The predicted molar refractivity (Wildman–Crippen MR) is 291 cm³/mol. The summed E-state index contributed by atoms with van der Waals surface area (Å²) in [6.45, 7) is 5.87. The molecular weight excluding hydrogens is 897 g/mol. The topological polar surface area (TPSA) is 169 Å². The summed E-state index contributed by atoms with van der Waals surface area (Å²) in [6, 6.07) is 0. The van der Waals surface area contributed by atoms with Gasteiger partial charge in [-0.1, -0.05) is 192 Å². The molecule has 11 nitrogen and oxygen atoms in total. The van der Waals surface area contributed by atoms with Crippen LogP contribution >= 0.6 is 0 Å². The molecule has 416 valence electrons. The molecule has 71 heavy (non-hydrogen) atoms. The average Bonchev–Trinajstić information content (AvgIpc) is 3.35. The number of hydrogen-bond acceptors (Lipinski definition) is 11. The first-order valence-electron chi connectivity index (χ1n) is 29.4. The van der Waals surface area contributed by atoms with Gasteiger partial charge in [0, 0.05) is 19.3 Å². The Morgan fingerprint density at radius 2 is 0.704 bits per heavy atom. The van der Waals surface area contributed by atoms with Crippen LogP contribution in [0.2, 0.25) is 0 Å². The summed E-state index contributed by atoms with van der Waals surface area (Å²) in [4.78, 5) is 38.2. The van der Waals surface area contributed by atoms with Crippen LogP contribution in [0.15, 0.2) is 36.5 Å². The van der Waals surface area contributed by atoms with E-state index in [9.17, 15) is 34.8 Å². The van der Waals surface area contributed by atoms with Gasteiger partial charge < -0.3 is 39.4 Å². The highest BCUT2D eigenvalue weighted by molar-refractivity contribution is 5.70. The van der Waals surface area contributed by atoms with Crippen LogP contribution in [0.4, 0.5) is 0 Å². The van der Waals surface area contributed by atoms with Crippen molar-refractivity contribution in [2.75, 3.05) is 26.4 Å². The number of hydrogen-bond donors (Lipinski definition) is 4. The molecule has 0 aliphatic carbocycles. The maximum absolute atomic E-state index is 12.9. The van der Waals surface area contributed by atoms with Gasteiger partial charge in [-0.3, -0.25) is 14.4 Å². The zero-order chi connectivity index (χ0) is 52.1. The van der Waals surface area contributed by atoms with Crippen molar-refractivity contribution in [1.29, 1.82) is 0 Å². The molecule has 0 spiro atoms. The van der Waals surface area contributed by atoms with E-state index in [-0.39, 0.29) is 69.3 Å². The number of carbonyl (C=O) groups is 3. The quantitative estimate of drug-likeness (QED) is 0.0198. The summed E-state index contributed by atoms with van der Waals surface area (Å²) < 4.78 is 22.6. The fourth-order valence-corrected chi connectivity index (χ4v) is 8.39. The van der Waals surface area contributed by atoms with Gasteiger partial charge in [0.25, 0.3) is 0 Å². The molecule has 11 heteroatoms. The van der Waals surface area contributed by atoms with Gasteiger partial charge >= 0.3 is 17.9 Å². The lowest BCUT2D eigenvalue weighted by Gasteiger charge is -2.20. The maximum atomic E-state index is 12.9. The molecule has 0 amide bonds. The number of rotatable bonds is 54. The van der Waals surface area contributed by atoms with Crippen LogP contribution in [0.25, 0.3) is 0 Å². The van der Waals surface area contributed by atoms with Gasteiger partial charge in [0.1, 0.15) is 12.7 Å². The van der Waals surface area contributed by atoms with Crippen LogP contribution in [0, 0.1) is 0 Å². The monoisotopic (exact) mass is 1010 g/mol. The van der Waals surface area contributed by atoms with Crippen molar-refractivity contribution in [3.8, 4) is 0 Å². The Bertz CT molecular complexity index is 1270. The van der Waals surface area contributed by atoms with E-state index in [0.717, 1.165) is 154 Å². The molecular formula is C60H110O11. The molecule has 2 unspecified atom stereocenters. The molecule has 0 aromatic rings. The van der Waals surface area contributed by atoms with E-state index in [1.165, 1.54) is 57.8 Å². The van der Waals surface area contributed by atoms with E-state index in [2.05, 4.69) is 57.2 Å². The summed E-state index contributed by atoms with van der Waals surface area (Å²) in [5.41, 5.74) is 0. The Hall–Kier alpha value is -2.57. The lowest BCUT2D eigenvalue weighted by molar-refractivity contribution is -0.166. The van der Waals surface area contributed by atoms with E-state index >= 15 is 0 Å². The molecule has 5 atom stereocenters. The van der Waals surface area contributed by atoms with Crippen molar-refractivity contribution in [3.63, 3.8) is 0 Å². The van der Waals surface area contributed by atoms with Crippen LogP contribution in [-0.2, 0) is 33.3 Å². The highest BCUT2D eigenvalue weighted by Crippen LogP contribution is 2.15. The van der Waals surface area contributed by atoms with Gasteiger partial charge in [-0.05, 0) is 96.3 Å². The molecule has 4 N–H and O–H groups in total. The van der Waals surface area contributed by atoms with Crippen molar-refractivity contribution in [1.82, 2.24) is 0 Å². The molecule has 0 saturated carbocycles. The first kappa shape index (κ1) is 68.4. The third-order valence-electron chi connectivity index (χ3n) is 13.0. The molecule has 0 aliphatic rings. The standard InChI is InChI=1S/C60H110O11/c1-4-7-10-31-40-53(62)43-34-25-19-13-16-22-28-37-46-58(65)69-52-57(71-60(67)48-39-30-24-18-15-21-27-36-45-55(64)42-33-12-9-6-3)51-68-50-56(49-61)70-59(66)47-38-29-23-17-14-20-26-35-44-54(63)41-32-11-8-5-2/h25-27,34-36,53-57,61-64H,4-24,28-33,37-52H2,1-3H3/t53-,54-,55-,56?,57?/m1/s1. The normalized spacial score (nSPS) is 14.1. The number of aliphatic hydroxyl groups is 4. The van der Waals surface area contributed by atoms with Crippen LogP contribution in [0.5, 0.6) is 0 Å². The summed E-state index contributed by atoms with van der Waals surface area (Å²) in [6.07, 6.45) is 47.4. The number of allylic oxidation sites excluding steroid dienone is 3. The zero-order valence-corrected chi connectivity index (χ0v) is 45.9. The fourth-order valence-electron chi connectivity index (χ4n) is 8.39. The summed E-state index contributed by atoms with van der Waals surface area (Å²) in [5, 5.41) is 40.3. The second kappa shape index (κ2) is 53.7. The van der Waals surface area contributed by atoms with Crippen molar-refractivity contribution in [2.24, 2.45) is 0 Å². The Kier molecular flexibility index (Phi) is 51.8. The zero-order valence-electron chi connectivity index (χ0n) is 45.9. The van der Waals surface area contributed by atoms with Crippen LogP contribution < -0.4 is 0 Å². The average molecular weight is 1010 g/mol. The number of ether oxygens (including phenoxy) is 4. The minimum atomic E-state index is -0.862. The molecule has 0 heterocycles. The Morgan fingerprint density at radius 1 is 0.380 bits per heavy atom. The van der Waals surface area contributed by atoms with Gasteiger partial charge in [0.05, 0.1) is 38.1 Å². The molecule has 0 radical (unpaired) electrons. The second-order valence-corrected chi connectivity index (χ2v) is 20.2. The Labute approximate surface area is 434 Å². The second-order valence-electron chi connectivity index (χ2n) is 20.2. The predicted octanol–water partition coefficient (Wildman–Crippen LogP) is 14.4. The molecule has 0 fully saturated rings. The molecule has 0 bridgehead atoms. The lowest BCUT2D eigenvalue weighted by Crippen LogP contribution is -2.33. The summed E-state index contributed by atoms with van der Waals surface area (Å²) in [5.74, 6) is -1.13. The minimum absolute atomic E-state index is 0.0718. The molecule has 0 rings (SSSR count). The van der Waals surface area contributed by atoms with Crippen molar-refractivity contribution in [2.45, 2.75) is 302 Å². The highest BCUT2D eigenvalue weighted by atomic mass is 16.6. The van der Waals surface area contributed by atoms with Gasteiger partial charge in [0.15, 0.2) is 6.10 Å². The number of unbranched alkanes of at least 4 members (excludes halogenated alkanes) is 24. The Morgan fingerprint density at radius 3 is 1.08 bits per heavy atom. The van der Waals surface area contributed by atoms with E-state index in [4.69, 9.17) is 18.9 Å². The largest absolute Gasteiger partial charge is 0.462 e. The molecule has 0 aromatic carbocycles. The number of aliphatic hydroxyl groups excluding tert-OH is 4. The smallest absolute Gasteiger partial charge is 0.306 e. The molecule has 0 aromatic heterocycles. The summed E-state index contributed by atoms with van der Waals surface area (Å²) in [7, 11) is 0. The lowest BCUT2D eigenvalue weighted by atomic mass is 10.1. The number of esters is 3. The van der Waals surface area contributed by atoms with Crippen LogP contribution in [0.1, 0.15) is 271 Å². The first-order valence-corrected chi connectivity index (χ1v) is 29.4. The van der Waals surface area contributed by atoms with Gasteiger partial charge in [0.2, 0.25) is 0 Å². The molecule has 0 aliphatic heterocycles. The Balaban J connectivity index is 4.65. The van der Waals surface area contributed by atoms with E-state index in [1.54, 1.807) is 0 Å². The van der Waals surface area contributed by atoms with Crippen LogP contribution in [-0.4, -0.2) is 95.3 Å². The highest BCUT2D eigenvalue weighted by Gasteiger charge is 2.20. The third-order valence-corrected chi connectivity index (χ3v) is 13.0. The first-order chi connectivity index (χ1) is 34.6. The molecule has 0 saturated heterocycles. The van der Waals surface area contributed by atoms with Gasteiger partial charge in [-0.25, -0.2) is 0 Å². The van der Waals surface area contributed by atoms with Crippen LogP contribution in [0.3, 0.4) is 0 Å². The third kappa shape index (κ3) is 50.7. The van der Waals surface area contributed by atoms with Crippen molar-refractivity contribution < 1.29 is 53.8 Å². The summed E-state index contributed by atoms with van der Waals surface area (Å²) >= 11 is 0. The minimum Gasteiger partial charge on any atom is -0.462 e. The maximum Gasteiger partial charge on any atom is 0.306 e. The van der Waals surface area contributed by atoms with Crippen molar-refractivity contribution >= 4 is 17.9 Å². The number of carbonyl (C=O) groups excluding carboxylic acids is 3. The van der Waals surface area contributed by atoms with Crippen molar-refractivity contribution in [3.05, 3.63) is 36.5 Å². The fraction of sp³-hybridized carbons (Fsp3) is 0.850. The van der Waals surface area contributed by atoms with E-state index in [1.807, 2.05) is 0 Å². The van der Waals surface area contributed by atoms with E-state index in [0.29, 0.717) is 19.3 Å². The SMILES string of the molecule is CCCCCC[C@@H](O)CC=CCCCCCCCC(=O)OCC(COCC(CO)OC(=O)CCCCCCCC=CC[C@H](O)CCCCCC)OC(=O)CCCCCCCC=CC[C@H](O)CCCCCC. The van der Waals surface area contributed by atoms with Gasteiger partial charge in [-0.15, -0.1) is 0 Å². The van der Waals surface area contributed by atoms with Gasteiger partial charge in [-0.2, -0.15) is 0 Å². The van der Waals surface area contributed by atoms with E-state index < -0.39 is 24.8 Å².